The van der Waals surface area contributed by atoms with Gasteiger partial charge in [-0.2, -0.15) is 0 Å². The predicted molar refractivity (Wildman–Crippen MR) is 82.0 cm³/mol. The fourth-order valence-corrected chi connectivity index (χ4v) is 2.54. The first-order valence-electron chi connectivity index (χ1n) is 6.35. The van der Waals surface area contributed by atoms with Crippen molar-refractivity contribution in [2.75, 3.05) is 11.1 Å². The summed E-state index contributed by atoms with van der Waals surface area (Å²) in [6, 6.07) is 9.63. The Morgan fingerprint density at radius 2 is 1.80 bits per heavy atom. The molecule has 0 saturated carbocycles. The Kier molecular flexibility index (Phi) is 4.74. The van der Waals surface area contributed by atoms with Gasteiger partial charge < -0.3 is 5.32 Å². The van der Waals surface area contributed by atoms with E-state index in [1.165, 1.54) is 11.8 Å². The van der Waals surface area contributed by atoms with Crippen molar-refractivity contribution in [1.29, 1.82) is 0 Å². The van der Waals surface area contributed by atoms with Crippen LogP contribution in [0.1, 0.15) is 17.0 Å². The summed E-state index contributed by atoms with van der Waals surface area (Å²) in [6.07, 6.45) is 0. The Bertz CT molecular complexity index is 608. The number of aromatic nitrogens is 2. The third kappa shape index (κ3) is 4.06. The number of thioether (sulfide) groups is 1. The molecule has 1 amide bonds. The van der Waals surface area contributed by atoms with E-state index in [0.29, 0.717) is 10.9 Å². The van der Waals surface area contributed by atoms with Crippen LogP contribution in [0.15, 0.2) is 35.5 Å². The number of para-hydroxylation sites is 1. The van der Waals surface area contributed by atoms with E-state index in [2.05, 4.69) is 15.3 Å². The summed E-state index contributed by atoms with van der Waals surface area (Å²) >= 11 is 1.35. The second-order valence-corrected chi connectivity index (χ2v) is 5.53. The lowest BCUT2D eigenvalue weighted by Crippen LogP contribution is -2.15. The van der Waals surface area contributed by atoms with Gasteiger partial charge in [-0.15, -0.1) is 0 Å². The molecule has 1 aromatic carbocycles. The lowest BCUT2D eigenvalue weighted by Gasteiger charge is -2.07. The van der Waals surface area contributed by atoms with Crippen molar-refractivity contribution >= 4 is 23.4 Å². The van der Waals surface area contributed by atoms with E-state index in [9.17, 15) is 4.79 Å². The third-order valence-electron chi connectivity index (χ3n) is 2.71. The lowest BCUT2D eigenvalue weighted by molar-refractivity contribution is -0.113. The Hall–Kier alpha value is -1.88. The Balaban J connectivity index is 1.94. The Morgan fingerprint density at radius 1 is 1.15 bits per heavy atom. The molecule has 1 N–H and O–H groups in total. The number of nitrogens with zero attached hydrogens (tertiary/aromatic N) is 2. The van der Waals surface area contributed by atoms with Gasteiger partial charge in [0.15, 0.2) is 5.16 Å². The minimum atomic E-state index is -0.0490. The maximum atomic E-state index is 11.9. The smallest absolute Gasteiger partial charge is 0.234 e. The summed E-state index contributed by atoms with van der Waals surface area (Å²) in [6.45, 7) is 5.81. The largest absolute Gasteiger partial charge is 0.325 e. The van der Waals surface area contributed by atoms with Crippen molar-refractivity contribution in [2.24, 2.45) is 0 Å². The monoisotopic (exact) mass is 287 g/mol. The number of hydrogen-bond acceptors (Lipinski definition) is 4. The van der Waals surface area contributed by atoms with Crippen LogP contribution < -0.4 is 5.32 Å². The third-order valence-corrected chi connectivity index (χ3v) is 3.56. The minimum Gasteiger partial charge on any atom is -0.325 e. The molecule has 2 aromatic rings. The predicted octanol–water partition coefficient (Wildman–Crippen LogP) is 3.13. The van der Waals surface area contributed by atoms with E-state index in [0.717, 1.165) is 22.6 Å². The molecule has 0 atom stereocenters. The molecule has 0 saturated heterocycles. The van der Waals surface area contributed by atoms with Crippen LogP contribution in [0.25, 0.3) is 0 Å². The van der Waals surface area contributed by atoms with Gasteiger partial charge in [-0.05, 0) is 38.5 Å². The van der Waals surface area contributed by atoms with E-state index in [4.69, 9.17) is 0 Å². The van der Waals surface area contributed by atoms with Crippen molar-refractivity contribution in [3.05, 3.63) is 47.3 Å². The standard InChI is InChI=1S/C15H17N3OS/c1-10-6-4-5-7-13(10)18-14(19)9-20-15-16-11(2)8-12(3)17-15/h4-8H,9H2,1-3H3,(H,18,19). The van der Waals surface area contributed by atoms with Crippen LogP contribution in [0.5, 0.6) is 0 Å². The summed E-state index contributed by atoms with van der Waals surface area (Å²) in [5, 5.41) is 3.54. The Morgan fingerprint density at radius 3 is 2.45 bits per heavy atom. The average Bonchev–Trinajstić information content (AvgIpc) is 2.38. The quantitative estimate of drug-likeness (QED) is 0.693. The zero-order valence-electron chi connectivity index (χ0n) is 11.8. The van der Waals surface area contributed by atoms with Crippen LogP contribution in [-0.2, 0) is 4.79 Å². The molecule has 20 heavy (non-hydrogen) atoms. The molecule has 1 aromatic heterocycles. The molecule has 104 valence electrons. The summed E-state index contributed by atoms with van der Waals surface area (Å²) in [4.78, 5) is 20.5. The molecule has 4 nitrogen and oxygen atoms in total. The van der Waals surface area contributed by atoms with E-state index < -0.39 is 0 Å². The number of amides is 1. The number of benzene rings is 1. The molecule has 0 bridgehead atoms. The van der Waals surface area contributed by atoms with Gasteiger partial charge in [-0.25, -0.2) is 9.97 Å². The Labute approximate surface area is 123 Å². The topological polar surface area (TPSA) is 54.9 Å². The summed E-state index contributed by atoms with van der Waals surface area (Å²) in [5.74, 6) is 0.254. The highest BCUT2D eigenvalue weighted by atomic mass is 32.2. The second-order valence-electron chi connectivity index (χ2n) is 4.59. The van der Waals surface area contributed by atoms with Crippen LogP contribution >= 0.6 is 11.8 Å². The molecule has 0 aliphatic heterocycles. The van der Waals surface area contributed by atoms with Gasteiger partial charge in [0.1, 0.15) is 0 Å². The molecule has 0 aliphatic carbocycles. The number of aryl methyl sites for hydroxylation is 3. The van der Waals surface area contributed by atoms with Crippen molar-refractivity contribution < 1.29 is 4.79 Å². The number of carbonyl (C=O) groups is 1. The molecule has 0 unspecified atom stereocenters. The number of hydrogen-bond donors (Lipinski definition) is 1. The molecule has 1 heterocycles. The van der Waals surface area contributed by atoms with Gasteiger partial charge in [-0.3, -0.25) is 4.79 Å². The summed E-state index contributed by atoms with van der Waals surface area (Å²) < 4.78 is 0. The van der Waals surface area contributed by atoms with E-state index in [-0.39, 0.29) is 5.91 Å². The number of carbonyl (C=O) groups excluding carboxylic acids is 1. The SMILES string of the molecule is Cc1cc(C)nc(SCC(=O)Nc2ccccc2C)n1. The van der Waals surface area contributed by atoms with Crippen LogP contribution in [0, 0.1) is 20.8 Å². The van der Waals surface area contributed by atoms with E-state index in [1.54, 1.807) is 0 Å². The van der Waals surface area contributed by atoms with Crippen molar-refractivity contribution in [3.63, 3.8) is 0 Å². The number of rotatable bonds is 4. The zero-order chi connectivity index (χ0) is 14.5. The van der Waals surface area contributed by atoms with Gasteiger partial charge >= 0.3 is 0 Å². The van der Waals surface area contributed by atoms with Gasteiger partial charge in [0, 0.05) is 17.1 Å². The van der Waals surface area contributed by atoms with E-state index >= 15 is 0 Å². The normalized spacial score (nSPS) is 10.3. The summed E-state index contributed by atoms with van der Waals surface area (Å²) in [5.41, 5.74) is 3.73. The molecular weight excluding hydrogens is 270 g/mol. The molecule has 0 radical (unpaired) electrons. The van der Waals surface area contributed by atoms with Crippen molar-refractivity contribution in [1.82, 2.24) is 9.97 Å². The highest BCUT2D eigenvalue weighted by Crippen LogP contribution is 2.16. The maximum Gasteiger partial charge on any atom is 0.234 e. The molecule has 0 fully saturated rings. The van der Waals surface area contributed by atoms with Gasteiger partial charge in [-0.1, -0.05) is 30.0 Å². The van der Waals surface area contributed by atoms with Crippen LogP contribution in [0.2, 0.25) is 0 Å². The molecule has 0 spiro atoms. The first-order chi connectivity index (χ1) is 9.54. The van der Waals surface area contributed by atoms with E-state index in [1.807, 2.05) is 51.1 Å². The molecular formula is C15H17N3OS. The van der Waals surface area contributed by atoms with Crippen molar-refractivity contribution in [3.8, 4) is 0 Å². The van der Waals surface area contributed by atoms with Crippen LogP contribution in [-0.4, -0.2) is 21.6 Å². The van der Waals surface area contributed by atoms with Gasteiger partial charge in [0.05, 0.1) is 5.75 Å². The number of nitrogens with one attached hydrogen (secondary N) is 1. The highest BCUT2D eigenvalue weighted by Gasteiger charge is 2.07. The zero-order valence-corrected chi connectivity index (χ0v) is 12.6. The maximum absolute atomic E-state index is 11.9. The summed E-state index contributed by atoms with van der Waals surface area (Å²) in [7, 11) is 0. The molecule has 2 rings (SSSR count). The van der Waals surface area contributed by atoms with Crippen molar-refractivity contribution in [2.45, 2.75) is 25.9 Å². The average molecular weight is 287 g/mol. The second kappa shape index (κ2) is 6.52. The minimum absolute atomic E-state index is 0.0490. The number of anilines is 1. The highest BCUT2D eigenvalue weighted by molar-refractivity contribution is 7.99. The van der Waals surface area contributed by atoms with Crippen LogP contribution in [0.3, 0.4) is 0 Å². The van der Waals surface area contributed by atoms with Gasteiger partial charge in [0.2, 0.25) is 5.91 Å². The molecule has 5 heteroatoms. The first-order valence-corrected chi connectivity index (χ1v) is 7.34. The van der Waals surface area contributed by atoms with Gasteiger partial charge in [0.25, 0.3) is 0 Å². The fraction of sp³-hybridized carbons (Fsp3) is 0.267. The van der Waals surface area contributed by atoms with Crippen LogP contribution in [0.4, 0.5) is 5.69 Å². The lowest BCUT2D eigenvalue weighted by atomic mass is 10.2. The first kappa shape index (κ1) is 14.5. The molecule has 0 aliphatic rings. The fourth-order valence-electron chi connectivity index (χ4n) is 1.79.